The first-order valence-electron chi connectivity index (χ1n) is 3.41. The monoisotopic (exact) mass is 271 g/mol. The Hall–Kier alpha value is -0.0700. The lowest BCUT2D eigenvalue weighted by atomic mass is 10.1. The van der Waals surface area contributed by atoms with Crippen LogP contribution in [0.15, 0.2) is 0 Å². The van der Waals surface area contributed by atoms with E-state index in [4.69, 9.17) is 5.53 Å². The predicted octanol–water partition coefficient (Wildman–Crippen LogP) is 1.98. The van der Waals surface area contributed by atoms with Gasteiger partial charge in [0.05, 0.1) is 12.1 Å². The molecule has 1 N–H and O–H groups in total. The first kappa shape index (κ1) is 10.9. The molecule has 0 aromatic carbocycles. The summed E-state index contributed by atoms with van der Waals surface area (Å²) in [5.74, 6) is 0. The molecule has 0 rings (SSSR count). The van der Waals surface area contributed by atoms with E-state index in [0.29, 0.717) is 6.54 Å². The average Bonchev–Trinajstić information content (AvgIpc) is 1.79. The van der Waals surface area contributed by atoms with Crippen molar-refractivity contribution in [1.82, 2.24) is 5.01 Å². The van der Waals surface area contributed by atoms with Crippen molar-refractivity contribution < 1.29 is 4.97 Å². The maximum atomic E-state index is 10.7. The van der Waals surface area contributed by atoms with Gasteiger partial charge in [0, 0.05) is 9.40 Å². The Bertz CT molecular complexity index is 143. The minimum Gasteiger partial charge on any atom is -0.572 e. The zero-order valence-corrected chi connectivity index (χ0v) is 9.25. The Labute approximate surface area is 80.8 Å². The number of rotatable bonds is 3. The maximum absolute atomic E-state index is 10.7. The SMILES string of the molecule is CC(C)(C)N(CCI)[N+](=N)[O-]. The number of hydrazine groups is 1. The number of hydrogen-bond acceptors (Lipinski definition) is 2. The van der Waals surface area contributed by atoms with Crippen LogP contribution in [0.4, 0.5) is 0 Å². The number of nitrogens with one attached hydrogen (secondary N) is 1. The molecule has 0 aromatic heterocycles. The van der Waals surface area contributed by atoms with Gasteiger partial charge in [0.1, 0.15) is 0 Å². The van der Waals surface area contributed by atoms with Crippen LogP contribution in [0.5, 0.6) is 0 Å². The molecule has 0 aliphatic heterocycles. The van der Waals surface area contributed by atoms with Crippen molar-refractivity contribution in [3.63, 3.8) is 0 Å². The molecule has 0 aliphatic rings. The number of nitrogens with zero attached hydrogens (tertiary/aromatic N) is 2. The number of hydrogen-bond donors (Lipinski definition) is 1. The van der Waals surface area contributed by atoms with Gasteiger partial charge in [0.25, 0.3) is 0 Å². The third kappa shape index (κ3) is 3.74. The molecule has 0 heterocycles. The van der Waals surface area contributed by atoms with E-state index in [-0.39, 0.29) is 10.5 Å². The van der Waals surface area contributed by atoms with E-state index in [1.54, 1.807) is 0 Å². The summed E-state index contributed by atoms with van der Waals surface area (Å²) >= 11 is 2.19. The fraction of sp³-hybridized carbons (Fsp3) is 1.00. The van der Waals surface area contributed by atoms with Crippen LogP contribution < -0.4 is 0 Å². The summed E-state index contributed by atoms with van der Waals surface area (Å²) in [6, 6.07) is 0. The van der Waals surface area contributed by atoms with Crippen LogP contribution in [0, 0.1) is 10.7 Å². The lowest BCUT2D eigenvalue weighted by Crippen LogP contribution is -2.46. The van der Waals surface area contributed by atoms with E-state index in [1.807, 2.05) is 20.8 Å². The van der Waals surface area contributed by atoms with Crippen LogP contribution >= 0.6 is 22.6 Å². The summed E-state index contributed by atoms with van der Waals surface area (Å²) in [5.41, 5.74) is 6.64. The lowest BCUT2D eigenvalue weighted by molar-refractivity contribution is -0.724. The van der Waals surface area contributed by atoms with Crippen molar-refractivity contribution in [2.75, 3.05) is 11.0 Å². The van der Waals surface area contributed by atoms with Gasteiger partial charge in [0.2, 0.25) is 0 Å². The summed E-state index contributed by atoms with van der Waals surface area (Å²) in [7, 11) is 0. The van der Waals surface area contributed by atoms with Gasteiger partial charge in [-0.3, -0.25) is 0 Å². The average molecular weight is 271 g/mol. The molecule has 0 amide bonds. The Kier molecular flexibility index (Phi) is 4.05. The lowest BCUT2D eigenvalue weighted by Gasteiger charge is -2.29. The summed E-state index contributed by atoms with van der Waals surface area (Å²) in [5, 5.41) is 12.2. The molecule has 66 valence electrons. The molecule has 0 fully saturated rings. The van der Waals surface area contributed by atoms with Gasteiger partial charge < -0.3 is 5.21 Å². The van der Waals surface area contributed by atoms with Crippen molar-refractivity contribution >= 4 is 22.6 Å². The summed E-state index contributed by atoms with van der Waals surface area (Å²) < 4.78 is 0.854. The highest BCUT2D eigenvalue weighted by Gasteiger charge is 2.26. The minimum atomic E-state index is -0.255. The molecule has 0 atom stereocenters. The molecule has 5 heteroatoms. The smallest absolute Gasteiger partial charge is 0.0899 e. The second-order valence-electron chi connectivity index (χ2n) is 3.26. The molecule has 0 saturated carbocycles. The van der Waals surface area contributed by atoms with E-state index in [9.17, 15) is 5.21 Å². The standard InChI is InChI=1S/C6H14IN3O/c1-6(2,3)9(5-4-7)10(8)11/h8H,4-5H2,1-3H3. The molecule has 0 radical (unpaired) electrons. The Morgan fingerprint density at radius 3 is 2.09 bits per heavy atom. The molecule has 0 unspecified atom stereocenters. The second kappa shape index (κ2) is 4.08. The Balaban J connectivity index is 4.22. The van der Waals surface area contributed by atoms with Gasteiger partial charge in [0.15, 0.2) is 0 Å². The van der Waals surface area contributed by atoms with Gasteiger partial charge in [-0.25, -0.2) is 0 Å². The number of alkyl halides is 1. The molecule has 0 aliphatic carbocycles. The molecular formula is C6H14IN3O. The van der Waals surface area contributed by atoms with Crippen molar-refractivity contribution in [1.29, 1.82) is 5.53 Å². The second-order valence-corrected chi connectivity index (χ2v) is 4.33. The van der Waals surface area contributed by atoms with E-state index in [1.165, 1.54) is 5.01 Å². The fourth-order valence-electron chi connectivity index (χ4n) is 0.779. The predicted molar refractivity (Wildman–Crippen MR) is 51.7 cm³/mol. The van der Waals surface area contributed by atoms with Crippen LogP contribution in [0.25, 0.3) is 0 Å². The van der Waals surface area contributed by atoms with E-state index < -0.39 is 0 Å². The summed E-state index contributed by atoms with van der Waals surface area (Å²) in [4.78, 5) is 0.165. The third-order valence-corrected chi connectivity index (χ3v) is 1.77. The minimum absolute atomic E-state index is 0.165. The fourth-order valence-corrected chi connectivity index (χ4v) is 1.24. The van der Waals surface area contributed by atoms with Crippen molar-refractivity contribution in [2.45, 2.75) is 26.3 Å². The third-order valence-electron chi connectivity index (χ3n) is 1.29. The zero-order valence-electron chi connectivity index (χ0n) is 7.09. The summed E-state index contributed by atoms with van der Waals surface area (Å²) in [6.07, 6.45) is 0. The molecular weight excluding hydrogens is 257 g/mol. The normalized spacial score (nSPS) is 11.3. The van der Waals surface area contributed by atoms with E-state index >= 15 is 0 Å². The van der Waals surface area contributed by atoms with Gasteiger partial charge >= 0.3 is 0 Å². The van der Waals surface area contributed by atoms with Gasteiger partial charge in [-0.15, -0.1) is 5.01 Å². The zero-order chi connectivity index (χ0) is 9.07. The van der Waals surface area contributed by atoms with Gasteiger partial charge in [-0.2, -0.15) is 0 Å². The van der Waals surface area contributed by atoms with Crippen LogP contribution in [0.3, 0.4) is 0 Å². The highest BCUT2D eigenvalue weighted by molar-refractivity contribution is 14.1. The van der Waals surface area contributed by atoms with Crippen LogP contribution in [-0.4, -0.2) is 26.5 Å². The van der Waals surface area contributed by atoms with Crippen LogP contribution in [0.1, 0.15) is 20.8 Å². The Morgan fingerprint density at radius 2 is 2.00 bits per heavy atom. The summed E-state index contributed by atoms with van der Waals surface area (Å²) in [6.45, 7) is 6.37. The topological polar surface area (TPSA) is 53.2 Å². The molecule has 4 nitrogen and oxygen atoms in total. The van der Waals surface area contributed by atoms with E-state index in [2.05, 4.69) is 22.6 Å². The highest BCUT2D eigenvalue weighted by atomic mass is 127. The van der Waals surface area contributed by atoms with Gasteiger partial charge in [-0.1, -0.05) is 22.6 Å². The Morgan fingerprint density at radius 1 is 1.55 bits per heavy atom. The maximum Gasteiger partial charge on any atom is 0.0899 e. The molecule has 0 spiro atoms. The van der Waals surface area contributed by atoms with Crippen molar-refractivity contribution in [2.24, 2.45) is 0 Å². The van der Waals surface area contributed by atoms with Crippen molar-refractivity contribution in [3.8, 4) is 0 Å². The van der Waals surface area contributed by atoms with Crippen LogP contribution in [-0.2, 0) is 0 Å². The molecule has 0 aromatic rings. The van der Waals surface area contributed by atoms with Crippen molar-refractivity contribution in [3.05, 3.63) is 5.21 Å². The van der Waals surface area contributed by atoms with Gasteiger partial charge in [-0.05, 0) is 26.3 Å². The number of halogens is 1. The van der Waals surface area contributed by atoms with Crippen LogP contribution in [0.2, 0.25) is 0 Å². The molecule has 0 bridgehead atoms. The first-order chi connectivity index (χ1) is 4.89. The first-order valence-corrected chi connectivity index (χ1v) is 4.94. The quantitative estimate of drug-likeness (QED) is 0.280. The largest absolute Gasteiger partial charge is 0.572 e. The van der Waals surface area contributed by atoms with E-state index in [0.717, 1.165) is 4.43 Å². The molecule has 0 saturated heterocycles. The highest BCUT2D eigenvalue weighted by Crippen LogP contribution is 2.12. The molecule has 11 heavy (non-hydrogen) atoms.